The third-order valence-corrected chi connectivity index (χ3v) is 5.51. The number of carbonyl (C=O) groups excluding carboxylic acids is 2. The molecular weight excluding hydrogens is 388 g/mol. The lowest BCUT2D eigenvalue weighted by atomic mass is 10.1. The Morgan fingerprint density at radius 2 is 1.19 bits per heavy atom. The summed E-state index contributed by atoms with van der Waals surface area (Å²) in [5.41, 5.74) is 0. The third kappa shape index (κ3) is 23.2. The van der Waals surface area contributed by atoms with Crippen molar-refractivity contribution in [3.63, 3.8) is 0 Å². The summed E-state index contributed by atoms with van der Waals surface area (Å²) in [7, 11) is 0. The highest BCUT2D eigenvalue weighted by Crippen LogP contribution is 2.11. The number of esters is 2. The van der Waals surface area contributed by atoms with Gasteiger partial charge in [-0.25, -0.2) is 4.79 Å². The van der Waals surface area contributed by atoms with Crippen LogP contribution in [-0.2, 0) is 19.1 Å². The lowest BCUT2D eigenvalue weighted by Crippen LogP contribution is -2.21. The molecule has 0 aromatic heterocycles. The monoisotopic (exact) mass is 438 g/mol. The van der Waals surface area contributed by atoms with Crippen LogP contribution < -0.4 is 0 Å². The number of unbranched alkanes of at least 4 members (excludes halogenated alkanes) is 15. The summed E-state index contributed by atoms with van der Waals surface area (Å²) in [5.74, 6) is -0.550. The molecule has 0 aliphatic heterocycles. The smallest absolute Gasteiger partial charge is 0.330 e. The molecule has 31 heavy (non-hydrogen) atoms. The molecule has 0 saturated carbocycles. The molecule has 0 fully saturated rings. The number of hydrogen-bond donors (Lipinski definition) is 0. The van der Waals surface area contributed by atoms with Crippen molar-refractivity contribution in [1.82, 2.24) is 0 Å². The Labute approximate surface area is 192 Å². The maximum Gasteiger partial charge on any atom is 0.330 e. The summed E-state index contributed by atoms with van der Waals surface area (Å²) >= 11 is 0. The largest absolute Gasteiger partial charge is 0.459 e. The van der Waals surface area contributed by atoms with Crippen LogP contribution in [0.1, 0.15) is 136 Å². The van der Waals surface area contributed by atoms with E-state index >= 15 is 0 Å². The van der Waals surface area contributed by atoms with Crippen molar-refractivity contribution in [1.29, 1.82) is 0 Å². The number of allylic oxidation sites excluding steroid dienone is 1. The molecule has 0 rings (SSSR count). The van der Waals surface area contributed by atoms with Crippen LogP contribution in [0.15, 0.2) is 12.2 Å². The summed E-state index contributed by atoms with van der Waals surface area (Å²) in [6, 6.07) is 0. The van der Waals surface area contributed by atoms with Gasteiger partial charge in [0, 0.05) is 12.5 Å². The van der Waals surface area contributed by atoms with Gasteiger partial charge < -0.3 is 9.47 Å². The fourth-order valence-corrected chi connectivity index (χ4v) is 3.54. The Kier molecular flexibility index (Phi) is 22.4. The molecule has 0 heterocycles. The Morgan fingerprint density at radius 1 is 0.710 bits per heavy atom. The first kappa shape index (κ1) is 29.7. The summed E-state index contributed by atoms with van der Waals surface area (Å²) in [4.78, 5) is 23.6. The highest BCUT2D eigenvalue weighted by molar-refractivity contribution is 5.81. The zero-order valence-corrected chi connectivity index (χ0v) is 20.8. The van der Waals surface area contributed by atoms with Gasteiger partial charge in [-0.2, -0.15) is 0 Å². The predicted molar refractivity (Wildman–Crippen MR) is 130 cm³/mol. The summed E-state index contributed by atoms with van der Waals surface area (Å²) in [6.07, 6.45) is 24.2. The van der Waals surface area contributed by atoms with Gasteiger partial charge in [-0.05, 0) is 26.2 Å². The molecule has 182 valence electrons. The van der Waals surface area contributed by atoms with E-state index in [1.165, 1.54) is 89.5 Å². The summed E-state index contributed by atoms with van der Waals surface area (Å²) in [5, 5.41) is 0. The summed E-state index contributed by atoms with van der Waals surface area (Å²) < 4.78 is 10.5. The topological polar surface area (TPSA) is 52.6 Å². The van der Waals surface area contributed by atoms with E-state index in [4.69, 9.17) is 9.47 Å². The Hall–Kier alpha value is -1.32. The zero-order valence-electron chi connectivity index (χ0n) is 20.8. The number of rotatable bonds is 22. The van der Waals surface area contributed by atoms with Crippen molar-refractivity contribution >= 4 is 11.9 Å². The van der Waals surface area contributed by atoms with Crippen molar-refractivity contribution in [2.45, 2.75) is 142 Å². The molecule has 0 saturated heterocycles. The number of ether oxygens (including phenoxy) is 2. The van der Waals surface area contributed by atoms with E-state index in [9.17, 15) is 9.59 Å². The van der Waals surface area contributed by atoms with Gasteiger partial charge in [0.1, 0.15) is 12.7 Å². The van der Waals surface area contributed by atoms with E-state index in [1.807, 2.05) is 6.08 Å². The summed E-state index contributed by atoms with van der Waals surface area (Å²) in [6.45, 7) is 6.35. The van der Waals surface area contributed by atoms with Crippen LogP contribution in [0, 0.1) is 0 Å². The highest BCUT2D eigenvalue weighted by atomic mass is 16.6. The van der Waals surface area contributed by atoms with E-state index in [1.54, 1.807) is 6.92 Å². The van der Waals surface area contributed by atoms with E-state index in [0.717, 1.165) is 25.7 Å². The zero-order chi connectivity index (χ0) is 23.0. The molecule has 1 unspecified atom stereocenters. The van der Waals surface area contributed by atoms with Crippen LogP contribution in [0.25, 0.3) is 0 Å². The molecule has 0 aliphatic rings. The van der Waals surface area contributed by atoms with Gasteiger partial charge in [-0.1, -0.05) is 110 Å². The molecule has 0 spiro atoms. The van der Waals surface area contributed by atoms with Crippen LogP contribution in [-0.4, -0.2) is 24.6 Å². The van der Waals surface area contributed by atoms with Gasteiger partial charge in [0.25, 0.3) is 0 Å². The van der Waals surface area contributed by atoms with E-state index in [2.05, 4.69) is 13.8 Å². The van der Waals surface area contributed by atoms with Gasteiger partial charge in [-0.3, -0.25) is 4.79 Å². The molecule has 0 amide bonds. The standard InChI is InChI=1S/C27H50O4/c1-4-6-8-10-12-14-16-18-20-22-26(28)30-24-25(3)31-27(29)23-21-19-17-15-13-11-9-7-5-2/h20,22,25H,4-19,21,23-24H2,1-3H3. The minimum absolute atomic E-state index is 0.115. The van der Waals surface area contributed by atoms with E-state index in [-0.39, 0.29) is 18.5 Å². The predicted octanol–water partition coefficient (Wildman–Crippen LogP) is 8.08. The van der Waals surface area contributed by atoms with Gasteiger partial charge in [0.15, 0.2) is 0 Å². The number of carbonyl (C=O) groups is 2. The fourth-order valence-electron chi connectivity index (χ4n) is 3.54. The van der Waals surface area contributed by atoms with Crippen LogP contribution in [0.5, 0.6) is 0 Å². The van der Waals surface area contributed by atoms with Crippen molar-refractivity contribution in [2.24, 2.45) is 0 Å². The lowest BCUT2D eigenvalue weighted by Gasteiger charge is -2.13. The van der Waals surface area contributed by atoms with Gasteiger partial charge in [0.05, 0.1) is 0 Å². The second kappa shape index (κ2) is 23.3. The van der Waals surface area contributed by atoms with Crippen LogP contribution >= 0.6 is 0 Å². The average Bonchev–Trinajstić information content (AvgIpc) is 2.75. The average molecular weight is 439 g/mol. The molecule has 0 aromatic rings. The molecule has 4 nitrogen and oxygen atoms in total. The van der Waals surface area contributed by atoms with Crippen molar-refractivity contribution in [3.8, 4) is 0 Å². The SMILES string of the molecule is CCCCCCCCCC=CC(=O)OCC(C)OC(=O)CCCCCCCCCCC. The molecule has 0 aromatic carbocycles. The molecule has 4 heteroatoms. The van der Waals surface area contributed by atoms with Crippen LogP contribution in [0.2, 0.25) is 0 Å². The number of hydrogen-bond acceptors (Lipinski definition) is 4. The molecule has 0 radical (unpaired) electrons. The first-order valence-electron chi connectivity index (χ1n) is 13.1. The minimum Gasteiger partial charge on any atom is -0.459 e. The van der Waals surface area contributed by atoms with Crippen LogP contribution in [0.4, 0.5) is 0 Å². The van der Waals surface area contributed by atoms with Crippen molar-refractivity contribution in [3.05, 3.63) is 12.2 Å². The normalized spacial score (nSPS) is 12.2. The molecular formula is C27H50O4. The fraction of sp³-hybridized carbons (Fsp3) is 0.852. The first-order chi connectivity index (χ1) is 15.1. The maximum absolute atomic E-state index is 11.9. The van der Waals surface area contributed by atoms with Crippen LogP contribution in [0.3, 0.4) is 0 Å². The Morgan fingerprint density at radius 3 is 1.74 bits per heavy atom. The second-order valence-corrected chi connectivity index (χ2v) is 8.82. The minimum atomic E-state index is -0.397. The Bertz CT molecular complexity index is 445. The lowest BCUT2D eigenvalue weighted by molar-refractivity contribution is -0.155. The van der Waals surface area contributed by atoms with Crippen molar-refractivity contribution < 1.29 is 19.1 Å². The van der Waals surface area contributed by atoms with Crippen molar-refractivity contribution in [2.75, 3.05) is 6.61 Å². The van der Waals surface area contributed by atoms with Gasteiger partial charge >= 0.3 is 11.9 Å². The highest BCUT2D eigenvalue weighted by Gasteiger charge is 2.11. The molecule has 1 atom stereocenters. The first-order valence-corrected chi connectivity index (χ1v) is 13.1. The van der Waals surface area contributed by atoms with E-state index < -0.39 is 6.10 Å². The van der Waals surface area contributed by atoms with E-state index in [0.29, 0.717) is 6.42 Å². The Balaban J connectivity index is 3.55. The van der Waals surface area contributed by atoms with Gasteiger partial charge in [0.2, 0.25) is 0 Å². The molecule has 0 aliphatic carbocycles. The maximum atomic E-state index is 11.9. The second-order valence-electron chi connectivity index (χ2n) is 8.82. The molecule has 0 bridgehead atoms. The third-order valence-electron chi connectivity index (χ3n) is 5.51. The molecule has 0 N–H and O–H groups in total. The van der Waals surface area contributed by atoms with Gasteiger partial charge in [-0.15, -0.1) is 0 Å². The quantitative estimate of drug-likeness (QED) is 0.0973.